The van der Waals surface area contributed by atoms with Gasteiger partial charge in [0.2, 0.25) is 5.91 Å². The lowest BCUT2D eigenvalue weighted by molar-refractivity contribution is -0.208. The Morgan fingerprint density at radius 1 is 1.33 bits per heavy atom. The van der Waals surface area contributed by atoms with Crippen LogP contribution in [0.4, 0.5) is 0 Å². The molecule has 1 amide bonds. The molecule has 0 aromatic rings. The summed E-state index contributed by atoms with van der Waals surface area (Å²) in [6.45, 7) is 9.68. The number of nitrogens with one attached hydrogen (secondary N) is 1. The van der Waals surface area contributed by atoms with Gasteiger partial charge in [-0.1, -0.05) is 13.8 Å². The number of carbonyl (C=O) groups is 1. The van der Waals surface area contributed by atoms with Crippen LogP contribution in [0.5, 0.6) is 0 Å². The second-order valence-electron chi connectivity index (χ2n) is 7.40. The van der Waals surface area contributed by atoms with Crippen LogP contribution < -0.4 is 5.32 Å². The monoisotopic (exact) mass is 318 g/mol. The molecule has 2 fully saturated rings. The maximum atomic E-state index is 12.7. The van der Waals surface area contributed by atoms with Gasteiger partial charge in [-0.3, -0.25) is 4.79 Å². The quantitative estimate of drug-likeness (QED) is 0.869. The van der Waals surface area contributed by atoms with Crippen molar-refractivity contribution in [3.05, 3.63) is 0 Å². The summed E-state index contributed by atoms with van der Waals surface area (Å²) in [5.74, 6) is 0.496. The van der Waals surface area contributed by atoms with Crippen LogP contribution in [0.25, 0.3) is 0 Å². The van der Waals surface area contributed by atoms with Gasteiger partial charge >= 0.3 is 0 Å². The Bertz CT molecular complexity index is 388. The van der Waals surface area contributed by atoms with Crippen molar-refractivity contribution in [2.45, 2.75) is 64.6 Å². The molecule has 1 saturated carbocycles. The van der Waals surface area contributed by atoms with E-state index in [-0.39, 0.29) is 35.4 Å². The topological polar surface area (TPSA) is 41.6 Å². The van der Waals surface area contributed by atoms with Gasteiger partial charge in [0, 0.05) is 37.6 Å². The van der Waals surface area contributed by atoms with Gasteiger partial charge in [-0.25, -0.2) is 0 Å². The van der Waals surface area contributed by atoms with Crippen LogP contribution in [0.1, 0.15) is 47.0 Å². The third kappa shape index (κ3) is 3.08. The smallest absolute Gasteiger partial charge is 0.225 e. The molecular weight excluding hydrogens is 288 g/mol. The molecular formula is C16H31ClN2O2. The largest absolute Gasteiger partial charge is 0.378 e. The highest BCUT2D eigenvalue weighted by Crippen LogP contribution is 2.53. The number of carbonyl (C=O) groups excluding carboxylic acids is 1. The standard InChI is InChI=1S/C16H30N2O2.ClH/c1-11-9-12(7-8-17-11)14(19)18(5)13-10-16(4,20-6)15(13,2)3;/h11-13,17H,7-10H2,1-6H3;1H/t11-,12-,13?,16?;/m0./s1. The molecule has 2 unspecified atom stereocenters. The van der Waals surface area contributed by atoms with Crippen LogP contribution in [-0.4, -0.2) is 49.2 Å². The first-order chi connectivity index (χ1) is 9.23. The van der Waals surface area contributed by atoms with E-state index in [1.165, 1.54) is 0 Å². The van der Waals surface area contributed by atoms with E-state index in [0.29, 0.717) is 11.9 Å². The number of hydrogen-bond acceptors (Lipinski definition) is 3. The molecule has 0 aromatic carbocycles. The van der Waals surface area contributed by atoms with E-state index in [9.17, 15) is 4.79 Å². The van der Waals surface area contributed by atoms with Crippen LogP contribution in [-0.2, 0) is 9.53 Å². The van der Waals surface area contributed by atoms with E-state index in [0.717, 1.165) is 25.8 Å². The fraction of sp³-hybridized carbons (Fsp3) is 0.938. The summed E-state index contributed by atoms with van der Waals surface area (Å²) in [4.78, 5) is 14.7. The maximum Gasteiger partial charge on any atom is 0.225 e. The molecule has 21 heavy (non-hydrogen) atoms. The molecule has 0 aromatic heterocycles. The number of amides is 1. The third-order valence-electron chi connectivity index (χ3n) is 6.02. The summed E-state index contributed by atoms with van der Waals surface area (Å²) < 4.78 is 5.66. The molecule has 0 bridgehead atoms. The lowest BCUT2D eigenvalue weighted by atomic mass is 9.55. The Morgan fingerprint density at radius 3 is 2.43 bits per heavy atom. The molecule has 1 saturated heterocycles. The fourth-order valence-electron chi connectivity index (χ4n) is 3.87. The van der Waals surface area contributed by atoms with Gasteiger partial charge in [-0.05, 0) is 39.7 Å². The molecule has 4 nitrogen and oxygen atoms in total. The zero-order chi connectivity index (χ0) is 15.1. The van der Waals surface area contributed by atoms with E-state index >= 15 is 0 Å². The minimum Gasteiger partial charge on any atom is -0.378 e. The first-order valence-electron chi connectivity index (χ1n) is 7.78. The minimum absolute atomic E-state index is 0. The number of halogens is 1. The maximum absolute atomic E-state index is 12.7. The van der Waals surface area contributed by atoms with E-state index < -0.39 is 0 Å². The Hall–Kier alpha value is -0.320. The first kappa shape index (κ1) is 18.7. The van der Waals surface area contributed by atoms with Gasteiger partial charge in [-0.15, -0.1) is 12.4 Å². The molecule has 0 spiro atoms. The summed E-state index contributed by atoms with van der Waals surface area (Å²) >= 11 is 0. The predicted molar refractivity (Wildman–Crippen MR) is 87.8 cm³/mol. The summed E-state index contributed by atoms with van der Waals surface area (Å²) in [6.07, 6.45) is 2.85. The number of methoxy groups -OCH3 is 1. The van der Waals surface area contributed by atoms with Crippen molar-refractivity contribution in [1.82, 2.24) is 10.2 Å². The molecule has 1 N–H and O–H groups in total. The Balaban J connectivity index is 0.00000220. The highest BCUT2D eigenvalue weighted by atomic mass is 35.5. The number of hydrogen-bond donors (Lipinski definition) is 1. The Kier molecular flexibility index (Phi) is 5.73. The number of ether oxygens (including phenoxy) is 1. The second-order valence-corrected chi connectivity index (χ2v) is 7.40. The van der Waals surface area contributed by atoms with Crippen LogP contribution in [0.3, 0.4) is 0 Å². The van der Waals surface area contributed by atoms with Crippen molar-refractivity contribution >= 4 is 18.3 Å². The van der Waals surface area contributed by atoms with E-state index in [1.807, 2.05) is 11.9 Å². The van der Waals surface area contributed by atoms with Crippen molar-refractivity contribution in [2.75, 3.05) is 20.7 Å². The van der Waals surface area contributed by atoms with Gasteiger partial charge in [0.25, 0.3) is 0 Å². The van der Waals surface area contributed by atoms with Gasteiger partial charge in [-0.2, -0.15) is 0 Å². The van der Waals surface area contributed by atoms with Crippen molar-refractivity contribution in [3.63, 3.8) is 0 Å². The minimum atomic E-state index is -0.117. The molecule has 4 atom stereocenters. The number of rotatable bonds is 3. The van der Waals surface area contributed by atoms with Crippen molar-refractivity contribution in [1.29, 1.82) is 0 Å². The summed E-state index contributed by atoms with van der Waals surface area (Å²) in [6, 6.07) is 0.731. The highest BCUT2D eigenvalue weighted by Gasteiger charge is 2.60. The van der Waals surface area contributed by atoms with Gasteiger partial charge < -0.3 is 15.0 Å². The number of nitrogens with zero attached hydrogens (tertiary/aromatic N) is 1. The van der Waals surface area contributed by atoms with E-state index in [4.69, 9.17) is 4.74 Å². The third-order valence-corrected chi connectivity index (χ3v) is 6.02. The first-order valence-corrected chi connectivity index (χ1v) is 7.78. The average molecular weight is 319 g/mol. The zero-order valence-electron chi connectivity index (χ0n) is 14.2. The molecule has 2 rings (SSSR count). The van der Waals surface area contributed by atoms with Crippen molar-refractivity contribution in [2.24, 2.45) is 11.3 Å². The molecule has 124 valence electrons. The zero-order valence-corrected chi connectivity index (χ0v) is 15.0. The van der Waals surface area contributed by atoms with Gasteiger partial charge in [0.1, 0.15) is 0 Å². The molecule has 5 heteroatoms. The van der Waals surface area contributed by atoms with Crippen LogP contribution in [0.2, 0.25) is 0 Å². The molecule has 1 heterocycles. The van der Waals surface area contributed by atoms with Crippen LogP contribution in [0.15, 0.2) is 0 Å². The second kappa shape index (κ2) is 6.43. The normalized spacial score (nSPS) is 38.1. The average Bonchev–Trinajstić information content (AvgIpc) is 2.42. The SMILES string of the molecule is COC1(C)CC(N(C)C(=O)[C@H]2CCN[C@@H](C)C2)C1(C)C.Cl. The molecule has 1 aliphatic carbocycles. The van der Waals surface area contributed by atoms with Gasteiger partial charge in [0.15, 0.2) is 0 Å². The van der Waals surface area contributed by atoms with Crippen LogP contribution in [0, 0.1) is 11.3 Å². The molecule has 2 aliphatic rings. The highest BCUT2D eigenvalue weighted by molar-refractivity contribution is 5.85. The summed E-state index contributed by atoms with van der Waals surface area (Å²) in [7, 11) is 3.74. The Labute approximate surface area is 135 Å². The molecule has 1 aliphatic heterocycles. The van der Waals surface area contributed by atoms with Crippen molar-refractivity contribution < 1.29 is 9.53 Å². The van der Waals surface area contributed by atoms with Gasteiger partial charge in [0.05, 0.1) is 5.60 Å². The predicted octanol–water partition coefficient (Wildman–Crippen LogP) is 2.46. The Morgan fingerprint density at radius 2 is 1.95 bits per heavy atom. The summed E-state index contributed by atoms with van der Waals surface area (Å²) in [5, 5.41) is 3.41. The fourth-order valence-corrected chi connectivity index (χ4v) is 3.87. The molecule has 0 radical (unpaired) electrons. The van der Waals surface area contributed by atoms with Crippen molar-refractivity contribution in [3.8, 4) is 0 Å². The lowest BCUT2D eigenvalue weighted by Gasteiger charge is -2.61. The van der Waals surface area contributed by atoms with E-state index in [1.54, 1.807) is 7.11 Å². The number of piperidine rings is 1. The lowest BCUT2D eigenvalue weighted by Crippen LogP contribution is -2.69. The summed E-state index contributed by atoms with van der Waals surface area (Å²) in [5.41, 5.74) is -0.113. The van der Waals surface area contributed by atoms with Crippen LogP contribution >= 0.6 is 12.4 Å². The van der Waals surface area contributed by atoms with E-state index in [2.05, 4.69) is 33.0 Å².